The summed E-state index contributed by atoms with van der Waals surface area (Å²) in [4.78, 5) is 30.7. The van der Waals surface area contributed by atoms with Crippen LogP contribution in [0.25, 0.3) is 0 Å². The third-order valence-corrected chi connectivity index (χ3v) is 2.30. The van der Waals surface area contributed by atoms with Crippen LogP contribution in [0, 0.1) is 0 Å². The van der Waals surface area contributed by atoms with Gasteiger partial charge in [-0.05, 0) is 36.7 Å². The average Bonchev–Trinajstić information content (AvgIpc) is 2.29. The van der Waals surface area contributed by atoms with Crippen molar-refractivity contribution in [3.8, 4) is 0 Å². The molecule has 0 unspecified atom stereocenters. The lowest BCUT2D eigenvalue weighted by Crippen LogP contribution is -2.34. The quantitative estimate of drug-likeness (QED) is 0.872. The van der Waals surface area contributed by atoms with Crippen LogP contribution in [0.3, 0.4) is 0 Å². The van der Waals surface area contributed by atoms with Crippen LogP contribution in [0.4, 0.5) is 10.7 Å². The lowest BCUT2D eigenvalue weighted by atomic mass is 10.2. The van der Waals surface area contributed by atoms with E-state index < -0.39 is 11.7 Å². The Kier molecular flexibility index (Phi) is 5.87. The van der Waals surface area contributed by atoms with Gasteiger partial charge in [-0.1, -0.05) is 0 Å². The fourth-order valence-electron chi connectivity index (χ4n) is 1.16. The molecule has 1 heterocycles. The molecule has 2 amide bonds. The van der Waals surface area contributed by atoms with E-state index in [4.69, 9.17) is 4.74 Å². The van der Waals surface area contributed by atoms with Crippen molar-refractivity contribution < 1.29 is 14.3 Å². The number of amides is 2. The molecule has 20 heavy (non-hydrogen) atoms. The molecule has 7 nitrogen and oxygen atoms in total. The molecule has 0 saturated heterocycles. The van der Waals surface area contributed by atoms with E-state index in [-0.39, 0.29) is 24.8 Å². The molecule has 1 aromatic rings. The van der Waals surface area contributed by atoms with Crippen molar-refractivity contribution in [1.29, 1.82) is 0 Å². The fraction of sp³-hybridized carbons (Fsp3) is 0.500. The number of hydrogen-bond donors (Lipinski definition) is 2. The minimum absolute atomic E-state index is 0.110. The third kappa shape index (κ3) is 7.03. The average molecular weight is 345 g/mol. The van der Waals surface area contributed by atoms with Crippen LogP contribution < -0.4 is 10.6 Å². The number of carbonyl (C=O) groups excluding carboxylic acids is 2. The highest BCUT2D eigenvalue weighted by atomic mass is 79.9. The molecule has 1 aromatic heterocycles. The van der Waals surface area contributed by atoms with Crippen molar-refractivity contribution >= 4 is 33.9 Å². The molecule has 1 rings (SSSR count). The normalized spacial score (nSPS) is 10.8. The van der Waals surface area contributed by atoms with Crippen molar-refractivity contribution in [2.24, 2.45) is 0 Å². The molecule has 0 bridgehead atoms. The maximum absolute atomic E-state index is 11.6. The molecule has 0 aliphatic rings. The van der Waals surface area contributed by atoms with E-state index in [2.05, 4.69) is 36.5 Å². The summed E-state index contributed by atoms with van der Waals surface area (Å²) < 4.78 is 5.76. The van der Waals surface area contributed by atoms with Crippen LogP contribution in [0.1, 0.15) is 27.2 Å². The highest BCUT2D eigenvalue weighted by molar-refractivity contribution is 9.10. The number of nitrogens with one attached hydrogen (secondary N) is 2. The third-order valence-electron chi connectivity index (χ3n) is 1.89. The molecule has 0 aliphatic heterocycles. The van der Waals surface area contributed by atoms with Crippen LogP contribution in [-0.2, 0) is 9.53 Å². The van der Waals surface area contributed by atoms with Gasteiger partial charge in [0.25, 0.3) is 0 Å². The van der Waals surface area contributed by atoms with Crippen LogP contribution in [0.2, 0.25) is 0 Å². The zero-order valence-electron chi connectivity index (χ0n) is 11.6. The van der Waals surface area contributed by atoms with Gasteiger partial charge >= 0.3 is 6.09 Å². The van der Waals surface area contributed by atoms with E-state index in [9.17, 15) is 9.59 Å². The van der Waals surface area contributed by atoms with E-state index in [1.54, 1.807) is 20.8 Å². The molecule has 8 heteroatoms. The summed E-state index contributed by atoms with van der Waals surface area (Å²) in [7, 11) is 0. The minimum Gasteiger partial charge on any atom is -0.444 e. The lowest BCUT2D eigenvalue weighted by molar-refractivity contribution is -0.116. The van der Waals surface area contributed by atoms with E-state index in [0.717, 1.165) is 4.47 Å². The Balaban J connectivity index is 2.27. The van der Waals surface area contributed by atoms with Crippen LogP contribution in [0.15, 0.2) is 16.9 Å². The molecule has 2 N–H and O–H groups in total. The monoisotopic (exact) mass is 344 g/mol. The second-order valence-corrected chi connectivity index (χ2v) is 5.87. The Labute approximate surface area is 125 Å². The van der Waals surface area contributed by atoms with Gasteiger partial charge in [0.15, 0.2) is 0 Å². The number of alkyl carbamates (subject to hydrolysis) is 1. The van der Waals surface area contributed by atoms with Gasteiger partial charge in [0, 0.05) is 25.4 Å². The zero-order valence-corrected chi connectivity index (χ0v) is 13.2. The molecular formula is C12H17BrN4O3. The first-order valence-electron chi connectivity index (χ1n) is 6.00. The number of halogens is 1. The van der Waals surface area contributed by atoms with Crippen molar-refractivity contribution in [1.82, 2.24) is 15.3 Å². The lowest BCUT2D eigenvalue weighted by Gasteiger charge is -2.19. The predicted molar refractivity (Wildman–Crippen MR) is 77.2 cm³/mol. The Morgan fingerprint density at radius 3 is 2.45 bits per heavy atom. The van der Waals surface area contributed by atoms with Crippen molar-refractivity contribution in [3.05, 3.63) is 16.9 Å². The molecule has 110 valence electrons. The molecule has 0 spiro atoms. The summed E-state index contributed by atoms with van der Waals surface area (Å²) in [5.74, 6) is -0.0705. The van der Waals surface area contributed by atoms with Gasteiger partial charge in [0.1, 0.15) is 5.60 Å². The number of ether oxygens (including phenoxy) is 1. The summed E-state index contributed by atoms with van der Waals surface area (Å²) in [5.41, 5.74) is -0.558. The number of carbonyl (C=O) groups is 2. The first-order chi connectivity index (χ1) is 9.26. The van der Waals surface area contributed by atoms with Gasteiger partial charge in [-0.25, -0.2) is 14.8 Å². The number of hydrogen-bond acceptors (Lipinski definition) is 5. The summed E-state index contributed by atoms with van der Waals surface area (Å²) in [6, 6.07) is 0. The van der Waals surface area contributed by atoms with Crippen molar-refractivity contribution in [2.75, 3.05) is 11.9 Å². The predicted octanol–water partition coefficient (Wildman–Crippen LogP) is 2.09. The Morgan fingerprint density at radius 1 is 1.30 bits per heavy atom. The first kappa shape index (κ1) is 16.4. The number of rotatable bonds is 4. The number of aromatic nitrogens is 2. The topological polar surface area (TPSA) is 93.2 Å². The number of nitrogens with zero attached hydrogens (tertiary/aromatic N) is 2. The molecule has 0 radical (unpaired) electrons. The summed E-state index contributed by atoms with van der Waals surface area (Å²) >= 11 is 3.19. The van der Waals surface area contributed by atoms with Gasteiger partial charge in [-0.2, -0.15) is 0 Å². The van der Waals surface area contributed by atoms with Crippen molar-refractivity contribution in [2.45, 2.75) is 32.8 Å². The Morgan fingerprint density at radius 2 is 1.90 bits per heavy atom. The smallest absolute Gasteiger partial charge is 0.407 e. The largest absolute Gasteiger partial charge is 0.444 e. The molecule has 0 saturated carbocycles. The van der Waals surface area contributed by atoms with Crippen LogP contribution in [-0.4, -0.2) is 34.1 Å². The fourth-order valence-corrected chi connectivity index (χ4v) is 1.36. The molecular weight excluding hydrogens is 328 g/mol. The summed E-state index contributed by atoms with van der Waals surface area (Å²) in [5, 5.41) is 5.01. The summed E-state index contributed by atoms with van der Waals surface area (Å²) in [6.45, 7) is 5.48. The second kappa shape index (κ2) is 7.18. The van der Waals surface area contributed by atoms with Crippen LogP contribution >= 0.6 is 15.9 Å². The standard InChI is InChI=1S/C12H17BrN4O3/c1-12(2,3)20-11(19)14-5-4-9(18)17-10-15-6-8(13)7-16-10/h6-7H,4-5H2,1-3H3,(H,14,19)(H,15,16,17,18). The minimum atomic E-state index is -0.558. The summed E-state index contributed by atoms with van der Waals surface area (Å²) in [6.07, 6.45) is 2.62. The highest BCUT2D eigenvalue weighted by Gasteiger charge is 2.15. The first-order valence-corrected chi connectivity index (χ1v) is 6.80. The maximum atomic E-state index is 11.6. The van der Waals surface area contributed by atoms with Gasteiger partial charge in [-0.3, -0.25) is 10.1 Å². The SMILES string of the molecule is CC(C)(C)OC(=O)NCCC(=O)Nc1ncc(Br)cn1. The van der Waals surface area contributed by atoms with Crippen molar-refractivity contribution in [3.63, 3.8) is 0 Å². The highest BCUT2D eigenvalue weighted by Crippen LogP contribution is 2.07. The Bertz CT molecular complexity index is 471. The Hall–Kier alpha value is -1.70. The van der Waals surface area contributed by atoms with E-state index >= 15 is 0 Å². The van der Waals surface area contributed by atoms with Gasteiger partial charge in [0.2, 0.25) is 11.9 Å². The number of anilines is 1. The van der Waals surface area contributed by atoms with E-state index in [0.29, 0.717) is 0 Å². The van der Waals surface area contributed by atoms with Gasteiger partial charge < -0.3 is 10.1 Å². The molecule has 0 aromatic carbocycles. The van der Waals surface area contributed by atoms with Gasteiger partial charge in [-0.15, -0.1) is 0 Å². The molecule has 0 fully saturated rings. The van der Waals surface area contributed by atoms with Gasteiger partial charge in [0.05, 0.1) is 4.47 Å². The maximum Gasteiger partial charge on any atom is 0.407 e. The van der Waals surface area contributed by atoms with E-state index in [1.165, 1.54) is 12.4 Å². The van der Waals surface area contributed by atoms with E-state index in [1.807, 2.05) is 0 Å². The molecule has 0 atom stereocenters. The molecule has 0 aliphatic carbocycles. The second-order valence-electron chi connectivity index (χ2n) is 4.95. The van der Waals surface area contributed by atoms with Crippen LogP contribution in [0.5, 0.6) is 0 Å². The zero-order chi connectivity index (χ0) is 15.2.